The number of carbonyl (C=O) groups excluding carboxylic acids is 1. The Morgan fingerprint density at radius 2 is 2.16 bits per heavy atom. The molecule has 1 fully saturated rings. The predicted molar refractivity (Wildman–Crippen MR) is 94.2 cm³/mol. The Kier molecular flexibility index (Phi) is 5.11. The third-order valence-corrected chi connectivity index (χ3v) is 4.68. The monoisotopic (exact) mass is 345 g/mol. The lowest BCUT2D eigenvalue weighted by atomic mass is 10.1. The summed E-state index contributed by atoms with van der Waals surface area (Å²) in [5.74, 6) is 1.08. The first-order valence-electron chi connectivity index (χ1n) is 8.92. The summed E-state index contributed by atoms with van der Waals surface area (Å²) in [7, 11) is 0. The van der Waals surface area contributed by atoms with Gasteiger partial charge in [-0.2, -0.15) is 5.10 Å². The fourth-order valence-electron chi connectivity index (χ4n) is 3.43. The molecule has 3 rings (SSSR count). The zero-order chi connectivity index (χ0) is 18.0. The van der Waals surface area contributed by atoms with Crippen molar-refractivity contribution in [3.8, 4) is 0 Å². The summed E-state index contributed by atoms with van der Waals surface area (Å²) in [5.41, 5.74) is 3.02. The lowest BCUT2D eigenvalue weighted by Gasteiger charge is -2.24. The Labute approximate surface area is 148 Å². The van der Waals surface area contributed by atoms with Crippen LogP contribution in [0.2, 0.25) is 0 Å². The smallest absolute Gasteiger partial charge is 0.318 e. The van der Waals surface area contributed by atoms with Crippen molar-refractivity contribution in [3.05, 3.63) is 35.0 Å². The van der Waals surface area contributed by atoms with Gasteiger partial charge in [0.25, 0.3) is 0 Å². The number of urea groups is 1. The van der Waals surface area contributed by atoms with Crippen molar-refractivity contribution in [2.24, 2.45) is 5.92 Å². The highest BCUT2D eigenvalue weighted by Gasteiger charge is 2.32. The van der Waals surface area contributed by atoms with Gasteiger partial charge in [-0.3, -0.25) is 4.68 Å². The molecule has 7 nitrogen and oxygen atoms in total. The van der Waals surface area contributed by atoms with Crippen LogP contribution in [0.3, 0.4) is 0 Å². The average Bonchev–Trinajstić information content (AvgIpc) is 3.26. The molecule has 7 heteroatoms. The first kappa shape index (κ1) is 17.5. The topological polar surface area (TPSA) is 76.2 Å². The Bertz CT molecular complexity index is 736. The third kappa shape index (κ3) is 4.03. The minimum absolute atomic E-state index is 0.00693. The minimum atomic E-state index is -0.0308. The van der Waals surface area contributed by atoms with E-state index in [1.165, 1.54) is 0 Å². The molecule has 136 valence electrons. The van der Waals surface area contributed by atoms with E-state index in [0.717, 1.165) is 48.8 Å². The van der Waals surface area contributed by atoms with Gasteiger partial charge >= 0.3 is 6.03 Å². The van der Waals surface area contributed by atoms with Gasteiger partial charge in [0.05, 0.1) is 17.4 Å². The minimum Gasteiger partial charge on any atom is -0.359 e. The molecule has 0 radical (unpaired) electrons. The highest BCUT2D eigenvalue weighted by molar-refractivity contribution is 5.75. The molecule has 0 saturated carbocycles. The summed E-state index contributed by atoms with van der Waals surface area (Å²) in [6, 6.07) is 3.95. The maximum absolute atomic E-state index is 12.6. The zero-order valence-electron chi connectivity index (χ0n) is 15.5. The van der Waals surface area contributed by atoms with Gasteiger partial charge in [-0.15, -0.1) is 0 Å². The molecule has 2 aromatic heterocycles. The number of amides is 2. The van der Waals surface area contributed by atoms with Crippen LogP contribution < -0.4 is 5.32 Å². The largest absolute Gasteiger partial charge is 0.359 e. The maximum atomic E-state index is 12.6. The van der Waals surface area contributed by atoms with E-state index >= 15 is 0 Å². The van der Waals surface area contributed by atoms with Crippen LogP contribution in [-0.4, -0.2) is 39.0 Å². The number of hydrogen-bond donors (Lipinski definition) is 1. The summed E-state index contributed by atoms with van der Waals surface area (Å²) >= 11 is 0. The molecule has 0 aliphatic carbocycles. The average molecular weight is 345 g/mol. The number of aryl methyl sites for hydroxylation is 3. The molecule has 0 bridgehead atoms. The SMILES string of the molecule is Cc1cc([C@H]2CCCN2C(=O)NC[C@@H](C)Cn2nc(C)cc2C)on1. The highest BCUT2D eigenvalue weighted by atomic mass is 16.5. The van der Waals surface area contributed by atoms with Crippen LogP contribution in [0, 0.1) is 26.7 Å². The fourth-order valence-corrected chi connectivity index (χ4v) is 3.43. The van der Waals surface area contributed by atoms with E-state index in [-0.39, 0.29) is 12.1 Å². The molecular weight excluding hydrogens is 318 g/mol. The van der Waals surface area contributed by atoms with Crippen LogP contribution in [0.15, 0.2) is 16.7 Å². The first-order valence-corrected chi connectivity index (χ1v) is 8.92. The Morgan fingerprint density at radius 1 is 1.36 bits per heavy atom. The molecule has 2 atom stereocenters. The highest BCUT2D eigenvalue weighted by Crippen LogP contribution is 2.32. The molecule has 0 aromatic carbocycles. The molecule has 0 unspecified atom stereocenters. The quantitative estimate of drug-likeness (QED) is 0.904. The molecule has 2 amide bonds. The van der Waals surface area contributed by atoms with E-state index in [0.29, 0.717) is 12.5 Å². The number of nitrogens with one attached hydrogen (secondary N) is 1. The van der Waals surface area contributed by atoms with Gasteiger partial charge in [-0.25, -0.2) is 4.79 Å². The van der Waals surface area contributed by atoms with Crippen LogP contribution in [-0.2, 0) is 6.54 Å². The molecule has 2 aromatic rings. The summed E-state index contributed by atoms with van der Waals surface area (Å²) in [5, 5.41) is 11.5. The van der Waals surface area contributed by atoms with Gasteiger partial charge in [0.1, 0.15) is 0 Å². The van der Waals surface area contributed by atoms with Crippen molar-refractivity contribution < 1.29 is 9.32 Å². The van der Waals surface area contributed by atoms with Gasteiger partial charge in [0, 0.05) is 31.4 Å². The first-order chi connectivity index (χ1) is 11.9. The van der Waals surface area contributed by atoms with Gasteiger partial charge in [0.15, 0.2) is 5.76 Å². The van der Waals surface area contributed by atoms with Crippen LogP contribution in [0.25, 0.3) is 0 Å². The Hall–Kier alpha value is -2.31. The predicted octanol–water partition coefficient (Wildman–Crippen LogP) is 2.98. The van der Waals surface area contributed by atoms with Crippen LogP contribution in [0.5, 0.6) is 0 Å². The number of rotatable bonds is 5. The summed E-state index contributed by atoms with van der Waals surface area (Å²) in [6.07, 6.45) is 1.91. The third-order valence-electron chi connectivity index (χ3n) is 4.68. The van der Waals surface area contributed by atoms with E-state index in [1.54, 1.807) is 0 Å². The molecular formula is C18H27N5O2. The molecule has 1 saturated heterocycles. The summed E-state index contributed by atoms with van der Waals surface area (Å²) in [6.45, 7) is 10.2. The van der Waals surface area contributed by atoms with Crippen molar-refractivity contribution in [1.29, 1.82) is 0 Å². The number of likely N-dealkylation sites (tertiary alicyclic amines) is 1. The fraction of sp³-hybridized carbons (Fsp3) is 0.611. The Morgan fingerprint density at radius 3 is 2.80 bits per heavy atom. The van der Waals surface area contributed by atoms with Gasteiger partial charge in [-0.05, 0) is 45.6 Å². The summed E-state index contributed by atoms with van der Waals surface area (Å²) < 4.78 is 7.37. The molecule has 1 aliphatic heterocycles. The number of carbonyl (C=O) groups is 1. The standard InChI is InChI=1S/C18H27N5O2/c1-12(11-23-15(4)8-13(2)20-23)10-19-18(24)22-7-5-6-16(22)17-9-14(3)21-25-17/h8-9,12,16H,5-7,10-11H2,1-4H3,(H,19,24)/t12-,16-/m1/s1. The number of nitrogens with zero attached hydrogens (tertiary/aromatic N) is 4. The van der Waals surface area contributed by atoms with Crippen molar-refractivity contribution in [2.75, 3.05) is 13.1 Å². The van der Waals surface area contributed by atoms with E-state index in [1.807, 2.05) is 29.5 Å². The number of hydrogen-bond acceptors (Lipinski definition) is 4. The van der Waals surface area contributed by atoms with Gasteiger partial charge < -0.3 is 14.7 Å². The van der Waals surface area contributed by atoms with Gasteiger partial charge in [-0.1, -0.05) is 12.1 Å². The van der Waals surface area contributed by atoms with Gasteiger partial charge in [0.2, 0.25) is 0 Å². The second-order valence-corrected chi connectivity index (χ2v) is 7.12. The molecule has 1 aliphatic rings. The van der Waals surface area contributed by atoms with E-state index in [2.05, 4.69) is 35.5 Å². The summed E-state index contributed by atoms with van der Waals surface area (Å²) in [4.78, 5) is 14.5. The number of aromatic nitrogens is 3. The van der Waals surface area contributed by atoms with Crippen molar-refractivity contribution in [3.63, 3.8) is 0 Å². The molecule has 25 heavy (non-hydrogen) atoms. The second-order valence-electron chi connectivity index (χ2n) is 7.12. The molecule has 3 heterocycles. The molecule has 0 spiro atoms. The van der Waals surface area contributed by atoms with Crippen LogP contribution in [0.4, 0.5) is 4.79 Å². The normalized spacial score (nSPS) is 18.6. The van der Waals surface area contributed by atoms with E-state index < -0.39 is 0 Å². The van der Waals surface area contributed by atoms with Crippen molar-refractivity contribution in [1.82, 2.24) is 25.2 Å². The van der Waals surface area contributed by atoms with Crippen molar-refractivity contribution >= 4 is 6.03 Å². The maximum Gasteiger partial charge on any atom is 0.318 e. The molecule has 1 N–H and O–H groups in total. The van der Waals surface area contributed by atoms with Crippen LogP contribution >= 0.6 is 0 Å². The lowest BCUT2D eigenvalue weighted by molar-refractivity contribution is 0.180. The Balaban J connectivity index is 1.54. The van der Waals surface area contributed by atoms with E-state index in [9.17, 15) is 4.79 Å². The van der Waals surface area contributed by atoms with Crippen molar-refractivity contribution in [2.45, 2.75) is 53.1 Å². The second kappa shape index (κ2) is 7.29. The van der Waals surface area contributed by atoms with Crippen LogP contribution in [0.1, 0.15) is 48.6 Å². The van der Waals surface area contributed by atoms with E-state index in [4.69, 9.17) is 4.52 Å². The lowest BCUT2D eigenvalue weighted by Crippen LogP contribution is -2.41. The zero-order valence-corrected chi connectivity index (χ0v) is 15.5.